The molecular formula is C16H20ClNO3. The van der Waals surface area contributed by atoms with Gasteiger partial charge in [-0.15, -0.1) is 0 Å². The smallest absolute Gasteiger partial charge is 0.307 e. The molecule has 0 bridgehead atoms. The van der Waals surface area contributed by atoms with E-state index in [4.69, 9.17) is 11.6 Å². The lowest BCUT2D eigenvalue weighted by Crippen LogP contribution is -2.38. The summed E-state index contributed by atoms with van der Waals surface area (Å²) >= 11 is 6.17. The normalized spacial score (nSPS) is 22.8. The second kappa shape index (κ2) is 6.48. The Balaban J connectivity index is 2.16. The Hall–Kier alpha value is -1.55. The number of carboxylic acid groups (broad SMARTS) is 1. The van der Waals surface area contributed by atoms with Crippen molar-refractivity contribution in [3.8, 4) is 0 Å². The summed E-state index contributed by atoms with van der Waals surface area (Å²) in [5.74, 6) is -1.95. The molecule has 1 aliphatic rings. The topological polar surface area (TPSA) is 57.6 Å². The maximum absolute atomic E-state index is 12.6. The van der Waals surface area contributed by atoms with E-state index in [1.165, 1.54) is 0 Å². The van der Waals surface area contributed by atoms with Crippen LogP contribution < -0.4 is 0 Å². The molecule has 1 aliphatic carbocycles. The van der Waals surface area contributed by atoms with E-state index in [9.17, 15) is 14.7 Å². The van der Waals surface area contributed by atoms with Crippen LogP contribution >= 0.6 is 11.6 Å². The summed E-state index contributed by atoms with van der Waals surface area (Å²) in [6.07, 6.45) is 2.02. The first kappa shape index (κ1) is 15.8. The average molecular weight is 310 g/mol. The van der Waals surface area contributed by atoms with Crippen molar-refractivity contribution < 1.29 is 14.7 Å². The summed E-state index contributed by atoms with van der Waals surface area (Å²) < 4.78 is 0. The minimum atomic E-state index is -0.871. The fraction of sp³-hybridized carbons (Fsp3) is 0.500. The molecular weight excluding hydrogens is 290 g/mol. The van der Waals surface area contributed by atoms with Gasteiger partial charge in [-0.3, -0.25) is 9.59 Å². The molecule has 1 aromatic carbocycles. The van der Waals surface area contributed by atoms with Crippen molar-refractivity contribution in [3.63, 3.8) is 0 Å². The van der Waals surface area contributed by atoms with Crippen molar-refractivity contribution in [1.82, 2.24) is 4.90 Å². The van der Waals surface area contributed by atoms with Crippen LogP contribution in [0.5, 0.6) is 0 Å². The van der Waals surface area contributed by atoms with Gasteiger partial charge in [0.1, 0.15) is 0 Å². The van der Waals surface area contributed by atoms with Crippen molar-refractivity contribution in [1.29, 1.82) is 0 Å². The van der Waals surface area contributed by atoms with E-state index in [1.54, 1.807) is 18.0 Å². The number of rotatable bonds is 4. The molecule has 1 amide bonds. The Morgan fingerprint density at radius 3 is 2.52 bits per heavy atom. The third-order valence-corrected chi connectivity index (χ3v) is 4.78. The van der Waals surface area contributed by atoms with E-state index in [0.29, 0.717) is 17.9 Å². The first-order valence-corrected chi connectivity index (χ1v) is 7.55. The molecule has 1 saturated carbocycles. The van der Waals surface area contributed by atoms with Gasteiger partial charge in [-0.1, -0.05) is 36.2 Å². The highest BCUT2D eigenvalue weighted by molar-refractivity contribution is 6.31. The average Bonchev–Trinajstić information content (AvgIpc) is 2.95. The summed E-state index contributed by atoms with van der Waals surface area (Å²) in [6.45, 7) is 1.91. The predicted octanol–water partition coefficient (Wildman–Crippen LogP) is 3.36. The molecule has 114 valence electrons. The molecule has 0 aliphatic heterocycles. The van der Waals surface area contributed by atoms with E-state index in [0.717, 1.165) is 12.0 Å². The minimum absolute atomic E-state index is 0.104. The molecule has 1 unspecified atom stereocenters. The molecule has 21 heavy (non-hydrogen) atoms. The first-order chi connectivity index (χ1) is 9.93. The van der Waals surface area contributed by atoms with Crippen LogP contribution in [0, 0.1) is 11.8 Å². The van der Waals surface area contributed by atoms with Gasteiger partial charge in [0.05, 0.1) is 17.9 Å². The number of benzene rings is 1. The summed E-state index contributed by atoms with van der Waals surface area (Å²) in [7, 11) is 1.72. The van der Waals surface area contributed by atoms with Gasteiger partial charge < -0.3 is 10.0 Å². The maximum Gasteiger partial charge on any atom is 0.307 e. The first-order valence-electron chi connectivity index (χ1n) is 7.17. The van der Waals surface area contributed by atoms with Crippen molar-refractivity contribution >= 4 is 23.5 Å². The molecule has 1 fully saturated rings. The highest BCUT2D eigenvalue weighted by atomic mass is 35.5. The summed E-state index contributed by atoms with van der Waals surface area (Å²) in [5.41, 5.74) is 0.875. The minimum Gasteiger partial charge on any atom is -0.481 e. The van der Waals surface area contributed by atoms with Gasteiger partial charge in [-0.25, -0.2) is 0 Å². The van der Waals surface area contributed by atoms with Gasteiger partial charge in [-0.05, 0) is 31.4 Å². The van der Waals surface area contributed by atoms with Gasteiger partial charge >= 0.3 is 5.97 Å². The van der Waals surface area contributed by atoms with Crippen molar-refractivity contribution in [2.24, 2.45) is 11.8 Å². The standard InChI is InChI=1S/C16H20ClNO3/c1-10(11-6-3-4-9-14(11)17)18(2)15(19)12-7-5-8-13(12)16(20)21/h3-4,6,9-10,12-13H,5,7-8H2,1-2H3,(H,20,21)/t10?,12-,13+/m1/s1. The number of carbonyl (C=O) groups is 2. The van der Waals surface area contributed by atoms with Crippen LogP contribution in [0.3, 0.4) is 0 Å². The number of hydrogen-bond acceptors (Lipinski definition) is 2. The zero-order chi connectivity index (χ0) is 15.6. The second-order valence-corrected chi connectivity index (χ2v) is 6.04. The molecule has 3 atom stereocenters. The molecule has 4 nitrogen and oxygen atoms in total. The number of aliphatic carboxylic acids is 1. The molecule has 0 heterocycles. The number of halogens is 1. The number of amides is 1. The SMILES string of the molecule is CC(c1ccccc1Cl)N(C)C(=O)[C@@H]1CCC[C@@H]1C(=O)O. The number of nitrogens with zero attached hydrogens (tertiary/aromatic N) is 1. The van der Waals surface area contributed by atoms with Crippen LogP contribution in [-0.2, 0) is 9.59 Å². The maximum atomic E-state index is 12.6. The van der Waals surface area contributed by atoms with Gasteiger partial charge in [-0.2, -0.15) is 0 Å². The Morgan fingerprint density at radius 2 is 1.90 bits per heavy atom. The third kappa shape index (κ3) is 3.21. The van der Waals surface area contributed by atoms with Gasteiger partial charge in [0, 0.05) is 12.1 Å². The highest BCUT2D eigenvalue weighted by Gasteiger charge is 2.40. The van der Waals surface area contributed by atoms with Gasteiger partial charge in [0.2, 0.25) is 5.91 Å². The van der Waals surface area contributed by atoms with E-state index < -0.39 is 17.8 Å². The molecule has 5 heteroatoms. The van der Waals surface area contributed by atoms with Crippen molar-refractivity contribution in [2.75, 3.05) is 7.05 Å². The number of carboxylic acids is 1. The van der Waals surface area contributed by atoms with Gasteiger partial charge in [0.15, 0.2) is 0 Å². The molecule has 0 spiro atoms. The van der Waals surface area contributed by atoms with E-state index in [-0.39, 0.29) is 11.9 Å². The lowest BCUT2D eigenvalue weighted by Gasteiger charge is -2.29. The molecule has 1 aromatic rings. The van der Waals surface area contributed by atoms with E-state index in [1.807, 2.05) is 25.1 Å². The zero-order valence-electron chi connectivity index (χ0n) is 12.3. The molecule has 2 rings (SSSR count). The summed E-state index contributed by atoms with van der Waals surface area (Å²) in [4.78, 5) is 25.5. The van der Waals surface area contributed by atoms with Crippen LogP contribution in [0.2, 0.25) is 5.02 Å². The van der Waals surface area contributed by atoms with Crippen LogP contribution in [0.1, 0.15) is 37.8 Å². The lowest BCUT2D eigenvalue weighted by atomic mass is 9.94. The molecule has 0 aromatic heterocycles. The number of hydrogen-bond donors (Lipinski definition) is 1. The van der Waals surface area contributed by atoms with Crippen molar-refractivity contribution in [3.05, 3.63) is 34.9 Å². The molecule has 0 saturated heterocycles. The third-order valence-electron chi connectivity index (χ3n) is 4.43. The second-order valence-electron chi connectivity index (χ2n) is 5.63. The Labute approximate surface area is 129 Å². The Morgan fingerprint density at radius 1 is 1.29 bits per heavy atom. The van der Waals surface area contributed by atoms with Crippen LogP contribution in [0.4, 0.5) is 0 Å². The van der Waals surface area contributed by atoms with Crippen LogP contribution in [0.15, 0.2) is 24.3 Å². The highest BCUT2D eigenvalue weighted by Crippen LogP contribution is 2.35. The molecule has 0 radical (unpaired) electrons. The zero-order valence-corrected chi connectivity index (χ0v) is 13.0. The van der Waals surface area contributed by atoms with E-state index in [2.05, 4.69) is 0 Å². The fourth-order valence-electron chi connectivity index (χ4n) is 3.03. The lowest BCUT2D eigenvalue weighted by molar-refractivity contribution is -0.149. The number of carbonyl (C=O) groups excluding carboxylic acids is 1. The largest absolute Gasteiger partial charge is 0.481 e. The van der Waals surface area contributed by atoms with Crippen LogP contribution in [0.25, 0.3) is 0 Å². The monoisotopic (exact) mass is 309 g/mol. The summed E-state index contributed by atoms with van der Waals surface area (Å²) in [5, 5.41) is 9.84. The fourth-order valence-corrected chi connectivity index (χ4v) is 3.32. The van der Waals surface area contributed by atoms with Crippen LogP contribution in [-0.4, -0.2) is 28.9 Å². The summed E-state index contributed by atoms with van der Waals surface area (Å²) in [6, 6.07) is 7.23. The quantitative estimate of drug-likeness (QED) is 0.927. The molecule has 1 N–H and O–H groups in total. The predicted molar refractivity (Wildman–Crippen MR) is 81.1 cm³/mol. The Bertz CT molecular complexity index is 546. The Kier molecular flexibility index (Phi) is 4.88. The van der Waals surface area contributed by atoms with Gasteiger partial charge in [0.25, 0.3) is 0 Å². The van der Waals surface area contributed by atoms with E-state index >= 15 is 0 Å². The van der Waals surface area contributed by atoms with Crippen molar-refractivity contribution in [2.45, 2.75) is 32.2 Å².